The Morgan fingerprint density at radius 2 is 1.09 bits per heavy atom. The van der Waals surface area contributed by atoms with E-state index in [1.54, 1.807) is 0 Å². The summed E-state index contributed by atoms with van der Waals surface area (Å²) in [5.74, 6) is 0. The Labute approximate surface area is 407 Å². The lowest BCUT2D eigenvalue weighted by Gasteiger charge is -2.51. The second-order valence-corrected chi connectivity index (χ2v) is 24.3. The van der Waals surface area contributed by atoms with Gasteiger partial charge in [-0.3, -0.25) is 0 Å². The average Bonchev–Trinajstić information content (AvgIpc) is 3.85. The van der Waals surface area contributed by atoms with E-state index in [9.17, 15) is 0 Å². The van der Waals surface area contributed by atoms with Crippen molar-refractivity contribution in [1.29, 1.82) is 0 Å². The number of para-hydroxylation sites is 2. The highest BCUT2D eigenvalue weighted by atomic mass is 16.3. The second-order valence-electron chi connectivity index (χ2n) is 24.3. The minimum Gasteiger partial charge on any atom is -0.454 e. The first-order valence-corrected chi connectivity index (χ1v) is 25.3. The molecule has 3 nitrogen and oxygen atoms in total. The van der Waals surface area contributed by atoms with E-state index in [0.717, 1.165) is 29.0 Å². The molecule has 0 fully saturated rings. The van der Waals surface area contributed by atoms with Gasteiger partial charge in [-0.15, -0.1) is 0 Å². The molecule has 0 N–H and O–H groups in total. The highest BCUT2D eigenvalue weighted by Crippen LogP contribution is 2.64. The predicted molar refractivity (Wildman–Crippen MR) is 291 cm³/mol. The number of anilines is 5. The van der Waals surface area contributed by atoms with Crippen molar-refractivity contribution < 1.29 is 4.42 Å². The zero-order chi connectivity index (χ0) is 47.3. The summed E-state index contributed by atoms with van der Waals surface area (Å²) < 4.78 is 7.48. The lowest BCUT2D eigenvalue weighted by molar-refractivity contribution is 0.332. The maximum Gasteiger partial charge on any atom is 0.333 e. The Bertz CT molecular complexity index is 3680. The predicted octanol–water partition coefficient (Wildman–Crippen LogP) is 15.9. The molecule has 0 bridgehead atoms. The Balaban J connectivity index is 1.14. The first-order chi connectivity index (χ1) is 33.0. The zero-order valence-electron chi connectivity index (χ0n) is 41.7. The smallest absolute Gasteiger partial charge is 0.333 e. The van der Waals surface area contributed by atoms with Crippen LogP contribution in [0.25, 0.3) is 44.2 Å². The first kappa shape index (κ1) is 41.2. The van der Waals surface area contributed by atoms with E-state index in [-0.39, 0.29) is 28.5 Å². The van der Waals surface area contributed by atoms with E-state index in [0.29, 0.717) is 0 Å². The summed E-state index contributed by atoms with van der Waals surface area (Å²) in [5.41, 5.74) is 26.2. The van der Waals surface area contributed by atoms with Crippen molar-refractivity contribution >= 4 is 68.1 Å². The fraction of sp³-hybridized carbons (Fsp3) is 0.262. The number of benzene rings is 8. The Morgan fingerprint density at radius 3 is 1.75 bits per heavy atom. The van der Waals surface area contributed by atoms with Gasteiger partial charge < -0.3 is 14.1 Å². The van der Waals surface area contributed by atoms with Gasteiger partial charge in [0.25, 0.3) is 0 Å². The topological polar surface area (TPSA) is 19.6 Å². The lowest BCUT2D eigenvalue weighted by atomic mass is 9.42. The average molecular weight is 895 g/mol. The van der Waals surface area contributed by atoms with Gasteiger partial charge in [0.2, 0.25) is 0 Å². The van der Waals surface area contributed by atoms with Crippen molar-refractivity contribution in [3.63, 3.8) is 0 Å². The molecule has 4 heteroatoms. The fourth-order valence-electron chi connectivity index (χ4n) is 13.7. The number of furan rings is 1. The highest BCUT2D eigenvalue weighted by molar-refractivity contribution is 6.94. The van der Waals surface area contributed by atoms with Gasteiger partial charge >= 0.3 is 6.85 Å². The molecule has 5 aliphatic rings. The lowest BCUT2D eigenvalue weighted by Crippen LogP contribution is -2.62. The normalized spacial score (nSPS) is 17.3. The van der Waals surface area contributed by atoms with Crippen LogP contribution in [0.15, 0.2) is 156 Å². The molecule has 8 aromatic carbocycles. The van der Waals surface area contributed by atoms with Crippen molar-refractivity contribution in [3.8, 4) is 22.3 Å². The monoisotopic (exact) mass is 894 g/mol. The van der Waals surface area contributed by atoms with Crippen LogP contribution in [0.4, 0.5) is 28.4 Å². The summed E-state index contributed by atoms with van der Waals surface area (Å²) in [7, 11) is 0. The molecule has 14 rings (SSSR count). The second kappa shape index (κ2) is 13.3. The van der Waals surface area contributed by atoms with E-state index in [1.165, 1.54) is 112 Å². The van der Waals surface area contributed by atoms with E-state index < -0.39 is 5.41 Å². The van der Waals surface area contributed by atoms with Crippen LogP contribution in [0.1, 0.15) is 127 Å². The zero-order valence-corrected chi connectivity index (χ0v) is 41.7. The van der Waals surface area contributed by atoms with E-state index >= 15 is 0 Å². The number of rotatable bonds is 1. The summed E-state index contributed by atoms with van der Waals surface area (Å²) in [6.45, 7) is 23.6. The van der Waals surface area contributed by atoms with Crippen molar-refractivity contribution in [2.45, 2.75) is 109 Å². The van der Waals surface area contributed by atoms with E-state index in [1.807, 2.05) is 0 Å². The standard InChI is InChI=1S/C65H59BN2O/c1-61(2,3)38-26-28-40(29-27-38)68-58-43(30-31-44-45-36-51-52(37-56(45)69-60(44)58)64(9,10)33-32-63(51,7)8)46-34-39(62(4,5)6)35-55-57(46)66(68)53-24-17-23-50-59(53)67(55)54-25-16-15-22-49(54)65(50)47-20-13-11-18-41(47)42-19-12-14-21-48(42)65/h11-31,34-37H,32-33H2,1-10H3. The maximum atomic E-state index is 7.48. The molecule has 9 aromatic rings. The molecule has 69 heavy (non-hydrogen) atoms. The molecular weight excluding hydrogens is 836 g/mol. The highest BCUT2D eigenvalue weighted by Gasteiger charge is 2.56. The van der Waals surface area contributed by atoms with Crippen LogP contribution in [-0.2, 0) is 27.1 Å². The largest absolute Gasteiger partial charge is 0.454 e. The molecule has 0 radical (unpaired) electrons. The fourth-order valence-corrected chi connectivity index (χ4v) is 13.7. The van der Waals surface area contributed by atoms with Gasteiger partial charge in [-0.05, 0) is 149 Å². The molecule has 0 saturated carbocycles. The van der Waals surface area contributed by atoms with Crippen LogP contribution in [-0.4, -0.2) is 6.85 Å². The quantitative estimate of drug-likeness (QED) is 0.153. The van der Waals surface area contributed by atoms with Crippen LogP contribution >= 0.6 is 0 Å². The van der Waals surface area contributed by atoms with Gasteiger partial charge in [-0.2, -0.15) is 0 Å². The molecular formula is C65H59BN2O. The Morgan fingerprint density at radius 1 is 0.478 bits per heavy atom. The van der Waals surface area contributed by atoms with Crippen LogP contribution < -0.4 is 20.6 Å². The van der Waals surface area contributed by atoms with Gasteiger partial charge in [0.05, 0.1) is 16.8 Å². The molecule has 338 valence electrons. The van der Waals surface area contributed by atoms with Gasteiger partial charge in [-0.1, -0.05) is 178 Å². The van der Waals surface area contributed by atoms with E-state index in [2.05, 4.69) is 231 Å². The van der Waals surface area contributed by atoms with Gasteiger partial charge in [0.1, 0.15) is 5.58 Å². The summed E-state index contributed by atoms with van der Waals surface area (Å²) in [6.07, 6.45) is 2.32. The molecule has 2 aliphatic carbocycles. The van der Waals surface area contributed by atoms with Crippen LogP contribution in [0.2, 0.25) is 0 Å². The van der Waals surface area contributed by atoms with Crippen molar-refractivity contribution in [3.05, 3.63) is 196 Å². The Hall–Kier alpha value is -6.78. The third-order valence-electron chi connectivity index (χ3n) is 17.4. The molecule has 3 aliphatic heterocycles. The first-order valence-electron chi connectivity index (χ1n) is 25.3. The number of fused-ring (bicyclic) bond motifs is 18. The minimum absolute atomic E-state index is 0.00749. The van der Waals surface area contributed by atoms with Crippen LogP contribution in [0.3, 0.4) is 0 Å². The van der Waals surface area contributed by atoms with Crippen LogP contribution in [0.5, 0.6) is 0 Å². The number of hydrogen-bond acceptors (Lipinski definition) is 3. The van der Waals surface area contributed by atoms with Gasteiger partial charge in [-0.25, -0.2) is 0 Å². The summed E-state index contributed by atoms with van der Waals surface area (Å²) in [4.78, 5) is 5.35. The van der Waals surface area contributed by atoms with Crippen molar-refractivity contribution in [2.24, 2.45) is 0 Å². The molecule has 1 spiro atoms. The maximum absolute atomic E-state index is 7.48. The number of nitrogens with zero attached hydrogens (tertiary/aromatic N) is 2. The summed E-state index contributed by atoms with van der Waals surface area (Å²) >= 11 is 0. The molecule has 1 aromatic heterocycles. The van der Waals surface area contributed by atoms with Crippen molar-refractivity contribution in [2.75, 3.05) is 9.71 Å². The molecule has 4 heterocycles. The SMILES string of the molecule is CC(C)(C)c1ccc(N2B3c4cccc5c4N(c4ccccc4C54c5ccccc5-c5ccccc54)c4cc(C(C)(C)C)cc(c43)-c3ccc4c(oc5cc6c(cc54)C(C)(C)CCC6(C)C)c32)cc1. The number of hydrogen-bond donors (Lipinski definition) is 0. The molecule has 0 atom stereocenters. The van der Waals surface area contributed by atoms with Gasteiger partial charge in [0.15, 0.2) is 5.58 Å². The van der Waals surface area contributed by atoms with Crippen LogP contribution in [0, 0.1) is 0 Å². The van der Waals surface area contributed by atoms with E-state index in [4.69, 9.17) is 4.42 Å². The minimum atomic E-state index is -0.522. The van der Waals surface area contributed by atoms with Gasteiger partial charge in [0, 0.05) is 33.4 Å². The Kier molecular flexibility index (Phi) is 7.94. The molecule has 0 saturated heterocycles. The van der Waals surface area contributed by atoms with Crippen molar-refractivity contribution in [1.82, 2.24) is 0 Å². The molecule has 0 amide bonds. The molecule has 0 unspecified atom stereocenters. The summed E-state index contributed by atoms with van der Waals surface area (Å²) in [5, 5.41) is 2.39. The third kappa shape index (κ3) is 5.25. The third-order valence-corrected chi connectivity index (χ3v) is 17.4. The summed E-state index contributed by atoms with van der Waals surface area (Å²) in [6, 6.07) is 59.1.